The molecule has 100 valence electrons. The van der Waals surface area contributed by atoms with Crippen LogP contribution < -0.4 is 10.3 Å². The number of nitrogens with one attached hydrogen (secondary N) is 1. The number of methoxy groups -OCH3 is 1. The van der Waals surface area contributed by atoms with Gasteiger partial charge in [-0.25, -0.2) is 4.98 Å². The third-order valence-corrected chi connectivity index (χ3v) is 2.94. The Balaban J connectivity index is 2.42. The van der Waals surface area contributed by atoms with Crippen LogP contribution in [-0.2, 0) is 0 Å². The van der Waals surface area contributed by atoms with Crippen molar-refractivity contribution in [1.29, 1.82) is 0 Å². The normalized spacial score (nSPS) is 10.7. The molecule has 0 bridgehead atoms. The third-order valence-electron chi connectivity index (χ3n) is 2.94. The molecule has 0 aliphatic carbocycles. The highest BCUT2D eigenvalue weighted by Crippen LogP contribution is 2.27. The minimum Gasteiger partial charge on any atom is -0.468 e. The molecule has 1 aromatic carbocycles. The Morgan fingerprint density at radius 3 is 2.70 bits per heavy atom. The molecule has 0 fully saturated rings. The van der Waals surface area contributed by atoms with Crippen LogP contribution in [0.5, 0.6) is 6.01 Å². The summed E-state index contributed by atoms with van der Waals surface area (Å²) in [5.41, 5.74) is 0.526. The quantitative estimate of drug-likeness (QED) is 0.725. The summed E-state index contributed by atoms with van der Waals surface area (Å²) < 4.78 is 18.9. The monoisotopic (exact) mass is 271 g/mol. The molecule has 0 saturated carbocycles. The Bertz CT molecular complexity index is 831. The van der Waals surface area contributed by atoms with E-state index in [4.69, 9.17) is 4.74 Å². The summed E-state index contributed by atoms with van der Waals surface area (Å²) in [7, 11) is 1.39. The highest BCUT2D eigenvalue weighted by Gasteiger charge is 2.16. The number of hydrogen-bond donors (Lipinski definition) is 1. The Labute approximate surface area is 113 Å². The van der Waals surface area contributed by atoms with Crippen LogP contribution in [0.3, 0.4) is 0 Å². The SMILES string of the molecule is COc1nc2cnc(F)c(-c3ccccc3)c2c(=O)[nH]1. The fourth-order valence-electron chi connectivity index (χ4n) is 2.05. The number of H-pyrrole nitrogens is 1. The van der Waals surface area contributed by atoms with E-state index in [0.29, 0.717) is 5.56 Å². The average Bonchev–Trinajstić information content (AvgIpc) is 2.48. The van der Waals surface area contributed by atoms with E-state index in [1.165, 1.54) is 13.3 Å². The minimum atomic E-state index is -0.707. The first-order valence-corrected chi connectivity index (χ1v) is 5.88. The van der Waals surface area contributed by atoms with E-state index in [-0.39, 0.29) is 22.5 Å². The van der Waals surface area contributed by atoms with Crippen LogP contribution in [0.25, 0.3) is 22.0 Å². The number of nitrogens with zero attached hydrogens (tertiary/aromatic N) is 2. The summed E-state index contributed by atoms with van der Waals surface area (Å²) in [5.74, 6) is -0.707. The van der Waals surface area contributed by atoms with Crippen LogP contribution in [0, 0.1) is 5.95 Å². The van der Waals surface area contributed by atoms with Gasteiger partial charge in [-0.3, -0.25) is 9.78 Å². The fraction of sp³-hybridized carbons (Fsp3) is 0.0714. The van der Waals surface area contributed by atoms with Crippen molar-refractivity contribution < 1.29 is 9.13 Å². The summed E-state index contributed by atoms with van der Waals surface area (Å²) >= 11 is 0. The molecule has 20 heavy (non-hydrogen) atoms. The Morgan fingerprint density at radius 2 is 2.00 bits per heavy atom. The second kappa shape index (κ2) is 4.73. The van der Waals surface area contributed by atoms with Crippen LogP contribution in [0.15, 0.2) is 41.3 Å². The van der Waals surface area contributed by atoms with Gasteiger partial charge in [0.05, 0.1) is 24.3 Å². The van der Waals surface area contributed by atoms with Gasteiger partial charge in [0, 0.05) is 0 Å². The lowest BCUT2D eigenvalue weighted by molar-refractivity contribution is 0.380. The van der Waals surface area contributed by atoms with Gasteiger partial charge in [-0.1, -0.05) is 30.3 Å². The molecule has 6 heteroatoms. The van der Waals surface area contributed by atoms with E-state index in [0.717, 1.165) is 0 Å². The molecule has 2 aromatic heterocycles. The molecule has 5 nitrogen and oxygen atoms in total. The third kappa shape index (κ3) is 1.91. The highest BCUT2D eigenvalue weighted by atomic mass is 19.1. The molecule has 0 aliphatic rings. The number of halogens is 1. The van der Waals surface area contributed by atoms with Crippen LogP contribution in [0.1, 0.15) is 0 Å². The fourth-order valence-corrected chi connectivity index (χ4v) is 2.05. The van der Waals surface area contributed by atoms with Crippen molar-refractivity contribution in [3.63, 3.8) is 0 Å². The van der Waals surface area contributed by atoms with Crippen LogP contribution in [0.4, 0.5) is 4.39 Å². The average molecular weight is 271 g/mol. The Kier molecular flexibility index (Phi) is 2.90. The van der Waals surface area contributed by atoms with Crippen LogP contribution in [0.2, 0.25) is 0 Å². The second-order valence-electron chi connectivity index (χ2n) is 4.13. The van der Waals surface area contributed by atoms with E-state index >= 15 is 0 Å². The first kappa shape index (κ1) is 12.3. The van der Waals surface area contributed by atoms with Crippen molar-refractivity contribution >= 4 is 10.9 Å². The molecule has 0 radical (unpaired) electrons. The van der Waals surface area contributed by atoms with E-state index < -0.39 is 11.5 Å². The largest absolute Gasteiger partial charge is 0.468 e. The number of fused-ring (bicyclic) bond motifs is 1. The molecule has 0 unspecified atom stereocenters. The maximum absolute atomic E-state index is 14.0. The number of hydrogen-bond acceptors (Lipinski definition) is 4. The highest BCUT2D eigenvalue weighted by molar-refractivity contribution is 5.93. The lowest BCUT2D eigenvalue weighted by Gasteiger charge is -2.07. The van der Waals surface area contributed by atoms with Gasteiger partial charge in [-0.2, -0.15) is 9.37 Å². The maximum Gasteiger partial charge on any atom is 0.296 e. The summed E-state index contributed by atoms with van der Waals surface area (Å²) in [4.78, 5) is 22.3. The Morgan fingerprint density at radius 1 is 1.25 bits per heavy atom. The van der Waals surface area contributed by atoms with Gasteiger partial charge in [0.15, 0.2) is 0 Å². The zero-order chi connectivity index (χ0) is 14.1. The number of aromatic amines is 1. The standard InChI is InChI=1S/C14H10FN3O2/c1-20-14-17-9-7-16-12(15)10(11(9)13(19)18-14)8-5-3-2-4-6-8/h2-7H,1H3,(H,17,18,19). The van der Waals surface area contributed by atoms with Gasteiger partial charge in [0.25, 0.3) is 11.6 Å². The second-order valence-corrected chi connectivity index (χ2v) is 4.13. The molecule has 0 spiro atoms. The van der Waals surface area contributed by atoms with Crippen molar-refractivity contribution in [2.24, 2.45) is 0 Å². The summed E-state index contributed by atoms with van der Waals surface area (Å²) in [5, 5.41) is 0.157. The molecule has 3 rings (SSSR count). The smallest absolute Gasteiger partial charge is 0.296 e. The number of rotatable bonds is 2. The minimum absolute atomic E-state index is 0.0647. The van der Waals surface area contributed by atoms with Gasteiger partial charge >= 0.3 is 0 Å². The van der Waals surface area contributed by atoms with E-state index in [9.17, 15) is 9.18 Å². The van der Waals surface area contributed by atoms with Gasteiger partial charge in [-0.15, -0.1) is 0 Å². The molecule has 2 heterocycles. The molecule has 3 aromatic rings. The molecule has 0 atom stereocenters. The van der Waals surface area contributed by atoms with Crippen LogP contribution >= 0.6 is 0 Å². The summed E-state index contributed by atoms with van der Waals surface area (Å²) in [6.07, 6.45) is 1.22. The van der Waals surface area contributed by atoms with Gasteiger partial charge in [0.2, 0.25) is 5.95 Å². The predicted molar refractivity (Wildman–Crippen MR) is 72.1 cm³/mol. The lowest BCUT2D eigenvalue weighted by Crippen LogP contribution is -2.12. The van der Waals surface area contributed by atoms with E-state index in [1.54, 1.807) is 24.3 Å². The van der Waals surface area contributed by atoms with Crippen molar-refractivity contribution in [3.8, 4) is 17.1 Å². The molecule has 0 saturated heterocycles. The molecular weight excluding hydrogens is 261 g/mol. The van der Waals surface area contributed by atoms with Crippen molar-refractivity contribution in [2.75, 3.05) is 7.11 Å². The van der Waals surface area contributed by atoms with E-state index in [2.05, 4.69) is 15.0 Å². The zero-order valence-electron chi connectivity index (χ0n) is 10.6. The number of ether oxygens (including phenoxy) is 1. The van der Waals surface area contributed by atoms with Crippen molar-refractivity contribution in [3.05, 3.63) is 52.8 Å². The van der Waals surface area contributed by atoms with Crippen molar-refractivity contribution in [1.82, 2.24) is 15.0 Å². The Hall–Kier alpha value is -2.76. The van der Waals surface area contributed by atoms with Crippen LogP contribution in [-0.4, -0.2) is 22.1 Å². The van der Waals surface area contributed by atoms with Gasteiger partial charge in [-0.05, 0) is 5.56 Å². The summed E-state index contributed by atoms with van der Waals surface area (Å²) in [6, 6.07) is 8.82. The number of pyridine rings is 1. The zero-order valence-corrected chi connectivity index (χ0v) is 10.6. The first-order valence-electron chi connectivity index (χ1n) is 5.88. The van der Waals surface area contributed by atoms with Crippen molar-refractivity contribution in [2.45, 2.75) is 0 Å². The molecule has 0 aliphatic heterocycles. The summed E-state index contributed by atoms with van der Waals surface area (Å²) in [6.45, 7) is 0. The lowest BCUT2D eigenvalue weighted by atomic mass is 10.0. The molecule has 0 amide bonds. The first-order chi connectivity index (χ1) is 9.70. The topological polar surface area (TPSA) is 67.9 Å². The molecular formula is C14H10FN3O2. The number of aromatic nitrogens is 3. The predicted octanol–water partition coefficient (Wildman–Crippen LogP) is 2.13. The number of benzene rings is 1. The molecule has 1 N–H and O–H groups in total. The van der Waals surface area contributed by atoms with Gasteiger partial charge < -0.3 is 4.74 Å². The van der Waals surface area contributed by atoms with E-state index in [1.807, 2.05) is 6.07 Å². The van der Waals surface area contributed by atoms with Gasteiger partial charge in [0.1, 0.15) is 5.52 Å². The maximum atomic E-state index is 14.0.